The first-order valence-electron chi connectivity index (χ1n) is 5.88. The quantitative estimate of drug-likeness (QED) is 0.835. The topological polar surface area (TPSA) is 58.6 Å². The first kappa shape index (κ1) is 12.1. The molecule has 0 saturated carbocycles. The first-order chi connectivity index (χ1) is 8.29. The van der Waals surface area contributed by atoms with E-state index in [9.17, 15) is 4.79 Å². The number of amides is 1. The van der Waals surface area contributed by atoms with Crippen molar-refractivity contribution in [2.45, 2.75) is 19.4 Å². The molecule has 4 heteroatoms. The smallest absolute Gasteiger partial charge is 0.227 e. The van der Waals surface area contributed by atoms with Gasteiger partial charge in [0.15, 0.2) is 0 Å². The molecule has 1 heterocycles. The van der Waals surface area contributed by atoms with E-state index in [1.54, 1.807) is 12.1 Å². The SMILES string of the molecule is O=C(Nc1ccc(CO)cc1)C1CCOCC1. The lowest BCUT2D eigenvalue weighted by Crippen LogP contribution is -2.28. The maximum atomic E-state index is 11.9. The van der Waals surface area contributed by atoms with E-state index >= 15 is 0 Å². The predicted octanol–water partition coefficient (Wildman–Crippen LogP) is 1.54. The minimum Gasteiger partial charge on any atom is -0.392 e. The molecular weight excluding hydrogens is 218 g/mol. The molecule has 0 aliphatic carbocycles. The predicted molar refractivity (Wildman–Crippen MR) is 64.5 cm³/mol. The number of carbonyl (C=O) groups excluding carboxylic acids is 1. The zero-order chi connectivity index (χ0) is 12.1. The van der Waals surface area contributed by atoms with Gasteiger partial charge in [-0.15, -0.1) is 0 Å². The summed E-state index contributed by atoms with van der Waals surface area (Å²) >= 11 is 0. The molecule has 1 saturated heterocycles. The summed E-state index contributed by atoms with van der Waals surface area (Å²) in [6.45, 7) is 1.36. The third kappa shape index (κ3) is 3.28. The Bertz CT molecular complexity index is 369. The number of ether oxygens (including phenoxy) is 1. The van der Waals surface area contributed by atoms with Crippen molar-refractivity contribution < 1.29 is 14.6 Å². The largest absolute Gasteiger partial charge is 0.392 e. The molecular formula is C13H17NO3. The number of nitrogens with one attached hydrogen (secondary N) is 1. The Hall–Kier alpha value is -1.39. The molecule has 1 aliphatic rings. The van der Waals surface area contributed by atoms with Crippen LogP contribution in [0, 0.1) is 5.92 Å². The number of hydrogen-bond donors (Lipinski definition) is 2. The number of anilines is 1. The zero-order valence-electron chi connectivity index (χ0n) is 9.69. The van der Waals surface area contributed by atoms with Gasteiger partial charge in [0, 0.05) is 24.8 Å². The Morgan fingerprint density at radius 2 is 1.94 bits per heavy atom. The molecule has 2 rings (SSSR count). The second-order valence-corrected chi connectivity index (χ2v) is 4.23. The van der Waals surface area contributed by atoms with Crippen LogP contribution in [0.3, 0.4) is 0 Å². The summed E-state index contributed by atoms with van der Waals surface area (Å²) in [5, 5.41) is 11.8. The molecule has 17 heavy (non-hydrogen) atoms. The second kappa shape index (κ2) is 5.80. The lowest BCUT2D eigenvalue weighted by Gasteiger charge is -2.21. The van der Waals surface area contributed by atoms with E-state index in [0.29, 0.717) is 13.2 Å². The maximum absolute atomic E-state index is 11.9. The van der Waals surface area contributed by atoms with Crippen molar-refractivity contribution in [2.75, 3.05) is 18.5 Å². The summed E-state index contributed by atoms with van der Waals surface area (Å²) in [5.74, 6) is 0.117. The van der Waals surface area contributed by atoms with Crippen molar-refractivity contribution in [2.24, 2.45) is 5.92 Å². The molecule has 2 N–H and O–H groups in total. The highest BCUT2D eigenvalue weighted by molar-refractivity contribution is 5.92. The molecule has 92 valence electrons. The number of hydrogen-bond acceptors (Lipinski definition) is 3. The molecule has 1 aromatic carbocycles. The van der Waals surface area contributed by atoms with Gasteiger partial charge in [0.25, 0.3) is 0 Å². The third-order valence-electron chi connectivity index (χ3n) is 3.00. The van der Waals surface area contributed by atoms with Gasteiger partial charge in [-0.3, -0.25) is 4.79 Å². The first-order valence-corrected chi connectivity index (χ1v) is 5.88. The fraction of sp³-hybridized carbons (Fsp3) is 0.462. The summed E-state index contributed by atoms with van der Waals surface area (Å²) < 4.78 is 5.22. The number of aliphatic hydroxyl groups excluding tert-OH is 1. The maximum Gasteiger partial charge on any atom is 0.227 e. The van der Waals surface area contributed by atoms with Gasteiger partial charge in [0.1, 0.15) is 0 Å². The average Bonchev–Trinajstić information content (AvgIpc) is 2.40. The highest BCUT2D eigenvalue weighted by Gasteiger charge is 2.21. The summed E-state index contributed by atoms with van der Waals surface area (Å²) in [6.07, 6.45) is 1.58. The summed E-state index contributed by atoms with van der Waals surface area (Å²) in [7, 11) is 0. The molecule has 1 aromatic rings. The molecule has 0 atom stereocenters. The Morgan fingerprint density at radius 1 is 1.29 bits per heavy atom. The van der Waals surface area contributed by atoms with Crippen LogP contribution < -0.4 is 5.32 Å². The van der Waals surface area contributed by atoms with Crippen LogP contribution in [0.15, 0.2) is 24.3 Å². The van der Waals surface area contributed by atoms with E-state index in [0.717, 1.165) is 24.1 Å². The fourth-order valence-corrected chi connectivity index (χ4v) is 1.90. The summed E-state index contributed by atoms with van der Waals surface area (Å²) in [5.41, 5.74) is 1.62. The Morgan fingerprint density at radius 3 is 2.53 bits per heavy atom. The summed E-state index contributed by atoms with van der Waals surface area (Å²) in [6, 6.07) is 7.23. The highest BCUT2D eigenvalue weighted by atomic mass is 16.5. The molecule has 0 aromatic heterocycles. The molecule has 1 amide bonds. The van der Waals surface area contributed by atoms with Crippen molar-refractivity contribution in [1.29, 1.82) is 0 Å². The lowest BCUT2D eigenvalue weighted by molar-refractivity contribution is -0.122. The normalized spacial score (nSPS) is 16.8. The molecule has 1 aliphatic heterocycles. The van der Waals surface area contributed by atoms with Crippen molar-refractivity contribution in [3.05, 3.63) is 29.8 Å². The van der Waals surface area contributed by atoms with Crippen LogP contribution in [-0.4, -0.2) is 24.2 Å². The van der Waals surface area contributed by atoms with Crippen LogP contribution in [0.25, 0.3) is 0 Å². The number of rotatable bonds is 3. The highest BCUT2D eigenvalue weighted by Crippen LogP contribution is 2.17. The van der Waals surface area contributed by atoms with E-state index < -0.39 is 0 Å². The van der Waals surface area contributed by atoms with E-state index in [4.69, 9.17) is 9.84 Å². The molecule has 0 spiro atoms. The Labute approximate surface area is 101 Å². The lowest BCUT2D eigenvalue weighted by atomic mass is 9.99. The number of carbonyl (C=O) groups is 1. The van der Waals surface area contributed by atoms with Crippen LogP contribution in [0.2, 0.25) is 0 Å². The van der Waals surface area contributed by atoms with Crippen LogP contribution in [-0.2, 0) is 16.1 Å². The standard InChI is InChI=1S/C13H17NO3/c15-9-10-1-3-12(4-2-10)14-13(16)11-5-7-17-8-6-11/h1-4,11,15H,5-9H2,(H,14,16). The van der Waals surface area contributed by atoms with Crippen molar-refractivity contribution in [1.82, 2.24) is 0 Å². The van der Waals surface area contributed by atoms with Crippen molar-refractivity contribution in [3.8, 4) is 0 Å². The van der Waals surface area contributed by atoms with Gasteiger partial charge < -0.3 is 15.2 Å². The minimum atomic E-state index is 0.0220. The zero-order valence-corrected chi connectivity index (χ0v) is 9.69. The van der Waals surface area contributed by atoms with Crippen LogP contribution in [0.4, 0.5) is 5.69 Å². The van der Waals surface area contributed by atoms with Crippen molar-refractivity contribution >= 4 is 11.6 Å². The van der Waals surface area contributed by atoms with Gasteiger partial charge in [-0.25, -0.2) is 0 Å². The van der Waals surface area contributed by atoms with Gasteiger partial charge in [0.2, 0.25) is 5.91 Å². The molecule has 1 fully saturated rings. The van der Waals surface area contributed by atoms with E-state index in [1.165, 1.54) is 0 Å². The monoisotopic (exact) mass is 235 g/mol. The van der Waals surface area contributed by atoms with Gasteiger partial charge in [-0.1, -0.05) is 12.1 Å². The Balaban J connectivity index is 1.92. The van der Waals surface area contributed by atoms with E-state index in [2.05, 4.69) is 5.32 Å². The van der Waals surface area contributed by atoms with Crippen LogP contribution in [0.1, 0.15) is 18.4 Å². The molecule has 0 radical (unpaired) electrons. The molecule has 0 unspecified atom stereocenters. The molecule has 0 bridgehead atoms. The van der Waals surface area contributed by atoms with E-state index in [-0.39, 0.29) is 18.4 Å². The Kier molecular flexibility index (Phi) is 4.12. The van der Waals surface area contributed by atoms with Gasteiger partial charge in [0.05, 0.1) is 6.61 Å². The minimum absolute atomic E-state index is 0.0220. The second-order valence-electron chi connectivity index (χ2n) is 4.23. The van der Waals surface area contributed by atoms with Crippen LogP contribution in [0.5, 0.6) is 0 Å². The van der Waals surface area contributed by atoms with Gasteiger partial charge >= 0.3 is 0 Å². The van der Waals surface area contributed by atoms with Gasteiger partial charge in [-0.05, 0) is 30.5 Å². The summed E-state index contributed by atoms with van der Waals surface area (Å²) in [4.78, 5) is 11.9. The number of benzene rings is 1. The van der Waals surface area contributed by atoms with Crippen molar-refractivity contribution in [3.63, 3.8) is 0 Å². The fourth-order valence-electron chi connectivity index (χ4n) is 1.90. The third-order valence-corrected chi connectivity index (χ3v) is 3.00. The van der Waals surface area contributed by atoms with Gasteiger partial charge in [-0.2, -0.15) is 0 Å². The molecule has 4 nitrogen and oxygen atoms in total. The van der Waals surface area contributed by atoms with E-state index in [1.807, 2.05) is 12.1 Å². The number of aliphatic hydroxyl groups is 1. The average molecular weight is 235 g/mol. The van der Waals surface area contributed by atoms with Crippen LogP contribution >= 0.6 is 0 Å².